The number of carbonyl (C=O) groups is 2. The average molecular weight is 352 g/mol. The zero-order valence-corrected chi connectivity index (χ0v) is 13.5. The normalized spacial score (nSPS) is 16.1. The minimum atomic E-state index is -0.626. The molecule has 0 radical (unpaired) electrons. The van der Waals surface area contributed by atoms with Crippen LogP contribution < -0.4 is 10.9 Å². The summed E-state index contributed by atoms with van der Waals surface area (Å²) in [7, 11) is 0. The van der Waals surface area contributed by atoms with Crippen molar-refractivity contribution in [2.24, 2.45) is 0 Å². The number of halogens is 2. The molecular formula is C15H11Cl2N3O3. The predicted molar refractivity (Wildman–Crippen MR) is 86.3 cm³/mol. The van der Waals surface area contributed by atoms with E-state index in [9.17, 15) is 14.4 Å². The number of carbonyl (C=O) groups excluding carboxylic acids is 2. The van der Waals surface area contributed by atoms with Crippen LogP contribution in [0.5, 0.6) is 0 Å². The molecule has 1 aliphatic rings. The Kier molecular flexibility index (Phi) is 3.95. The van der Waals surface area contributed by atoms with Crippen LogP contribution in [0.15, 0.2) is 29.2 Å². The fourth-order valence-corrected chi connectivity index (χ4v) is 2.65. The Bertz CT molecular complexity index is 892. The van der Waals surface area contributed by atoms with E-state index in [1.165, 1.54) is 6.20 Å². The second-order valence-corrected chi connectivity index (χ2v) is 5.99. The number of nitrogens with one attached hydrogen (secondary N) is 1. The molecule has 2 heterocycles. The molecule has 1 N–H and O–H groups in total. The van der Waals surface area contributed by atoms with Crippen LogP contribution in [-0.2, 0) is 11.3 Å². The number of ketones is 1. The molecule has 1 amide bonds. The van der Waals surface area contributed by atoms with E-state index in [2.05, 4.69) is 10.4 Å². The number of Topliss-reactive ketones (excluding diaryl/α,β-unsaturated/α-hetero) is 1. The van der Waals surface area contributed by atoms with Gasteiger partial charge in [0.15, 0.2) is 5.78 Å². The summed E-state index contributed by atoms with van der Waals surface area (Å²) in [5.74, 6) is -0.733. The van der Waals surface area contributed by atoms with Crippen molar-refractivity contribution in [3.8, 4) is 0 Å². The van der Waals surface area contributed by atoms with E-state index < -0.39 is 5.56 Å². The third kappa shape index (κ3) is 2.75. The third-order valence-corrected chi connectivity index (χ3v) is 4.48. The number of anilines is 1. The minimum absolute atomic E-state index is 0.0382. The molecule has 1 atom stereocenters. The third-order valence-electron chi connectivity index (χ3n) is 3.73. The number of nitrogens with zero attached hydrogens (tertiary/aromatic N) is 2. The lowest BCUT2D eigenvalue weighted by molar-refractivity contribution is -0.116. The van der Waals surface area contributed by atoms with Gasteiger partial charge in [-0.15, -0.1) is 0 Å². The van der Waals surface area contributed by atoms with E-state index in [0.717, 1.165) is 10.2 Å². The first-order chi connectivity index (χ1) is 10.9. The Labute approximate surface area is 141 Å². The molecule has 2 aromatic rings. The number of amides is 1. The monoisotopic (exact) mass is 351 g/mol. The van der Waals surface area contributed by atoms with Gasteiger partial charge in [0.25, 0.3) is 5.56 Å². The molecule has 0 bridgehead atoms. The Morgan fingerprint density at radius 1 is 1.35 bits per heavy atom. The van der Waals surface area contributed by atoms with Crippen LogP contribution in [-0.4, -0.2) is 21.5 Å². The van der Waals surface area contributed by atoms with Gasteiger partial charge in [0, 0.05) is 11.3 Å². The number of benzene rings is 1. The highest BCUT2D eigenvalue weighted by atomic mass is 35.5. The topological polar surface area (TPSA) is 81.1 Å². The predicted octanol–water partition coefficient (Wildman–Crippen LogP) is 2.49. The highest BCUT2D eigenvalue weighted by molar-refractivity contribution is 6.41. The molecule has 8 heteroatoms. The molecule has 23 heavy (non-hydrogen) atoms. The highest BCUT2D eigenvalue weighted by Gasteiger charge is 2.27. The van der Waals surface area contributed by atoms with Crippen LogP contribution in [0.4, 0.5) is 5.69 Å². The Balaban J connectivity index is 1.90. The van der Waals surface area contributed by atoms with Gasteiger partial charge in [0.1, 0.15) is 11.6 Å². The van der Waals surface area contributed by atoms with Gasteiger partial charge in [-0.1, -0.05) is 23.2 Å². The van der Waals surface area contributed by atoms with Crippen LogP contribution in [0.2, 0.25) is 10.0 Å². The number of aromatic nitrogens is 2. The maximum absolute atomic E-state index is 12.4. The van der Waals surface area contributed by atoms with Gasteiger partial charge in [0.2, 0.25) is 5.91 Å². The van der Waals surface area contributed by atoms with E-state index in [0.29, 0.717) is 11.3 Å². The number of hydrogen-bond donors (Lipinski definition) is 1. The zero-order valence-electron chi connectivity index (χ0n) is 12.0. The first-order valence-electron chi connectivity index (χ1n) is 6.77. The van der Waals surface area contributed by atoms with E-state index >= 15 is 0 Å². The Hall–Kier alpha value is -2.18. The maximum Gasteiger partial charge on any atom is 0.287 e. The smallest absolute Gasteiger partial charge is 0.287 e. The Morgan fingerprint density at radius 2 is 2.09 bits per heavy atom. The van der Waals surface area contributed by atoms with Crippen molar-refractivity contribution in [1.82, 2.24) is 9.78 Å². The fraction of sp³-hybridized carbons (Fsp3) is 0.200. The molecule has 1 aliphatic heterocycles. The van der Waals surface area contributed by atoms with E-state index in [1.807, 2.05) is 0 Å². The van der Waals surface area contributed by atoms with Crippen molar-refractivity contribution in [3.05, 3.63) is 55.9 Å². The van der Waals surface area contributed by atoms with E-state index in [-0.39, 0.29) is 34.2 Å². The van der Waals surface area contributed by atoms with Gasteiger partial charge in [-0.25, -0.2) is 4.68 Å². The molecule has 1 aromatic carbocycles. The molecule has 1 aromatic heterocycles. The lowest BCUT2D eigenvalue weighted by Crippen LogP contribution is -2.27. The molecule has 0 fully saturated rings. The van der Waals surface area contributed by atoms with Crippen molar-refractivity contribution < 1.29 is 9.59 Å². The van der Waals surface area contributed by atoms with Crippen LogP contribution in [0.25, 0.3) is 0 Å². The molecule has 0 saturated heterocycles. The van der Waals surface area contributed by atoms with Crippen molar-refractivity contribution >= 4 is 40.6 Å². The SMILES string of the molecule is C[C@@H]1C(=O)Nc2ccc(C(=O)Cn3ncc(Cl)c(Cl)c3=O)cc21. The summed E-state index contributed by atoms with van der Waals surface area (Å²) in [4.78, 5) is 35.9. The van der Waals surface area contributed by atoms with Crippen molar-refractivity contribution in [2.75, 3.05) is 5.32 Å². The Morgan fingerprint density at radius 3 is 2.83 bits per heavy atom. The molecule has 6 nitrogen and oxygen atoms in total. The lowest BCUT2D eigenvalue weighted by atomic mass is 9.99. The van der Waals surface area contributed by atoms with Gasteiger partial charge in [0.05, 0.1) is 17.1 Å². The molecule has 0 aliphatic carbocycles. The number of rotatable bonds is 3. The summed E-state index contributed by atoms with van der Waals surface area (Å²) >= 11 is 11.5. The molecule has 0 spiro atoms. The van der Waals surface area contributed by atoms with Crippen LogP contribution in [0.1, 0.15) is 28.8 Å². The molecule has 0 saturated carbocycles. The van der Waals surface area contributed by atoms with Crippen molar-refractivity contribution in [1.29, 1.82) is 0 Å². The van der Waals surface area contributed by atoms with E-state index in [1.54, 1.807) is 25.1 Å². The fourth-order valence-electron chi connectivity index (χ4n) is 2.38. The quantitative estimate of drug-likeness (QED) is 0.861. The summed E-state index contributed by atoms with van der Waals surface area (Å²) < 4.78 is 0.955. The van der Waals surface area contributed by atoms with Crippen LogP contribution in [0, 0.1) is 0 Å². The first kappa shape index (κ1) is 15.7. The second kappa shape index (κ2) is 5.79. The van der Waals surface area contributed by atoms with E-state index in [4.69, 9.17) is 23.2 Å². The summed E-state index contributed by atoms with van der Waals surface area (Å²) in [6, 6.07) is 4.93. The summed E-state index contributed by atoms with van der Waals surface area (Å²) in [6.07, 6.45) is 1.21. The number of hydrogen-bond acceptors (Lipinski definition) is 4. The van der Waals surface area contributed by atoms with Gasteiger partial charge in [-0.3, -0.25) is 14.4 Å². The van der Waals surface area contributed by atoms with Crippen molar-refractivity contribution in [3.63, 3.8) is 0 Å². The summed E-state index contributed by atoms with van der Waals surface area (Å²) in [5.41, 5.74) is 1.23. The van der Waals surface area contributed by atoms with Gasteiger partial charge < -0.3 is 5.32 Å². The molecule has 0 unspecified atom stereocenters. The van der Waals surface area contributed by atoms with Crippen LogP contribution in [0.3, 0.4) is 0 Å². The summed E-state index contributed by atoms with van der Waals surface area (Å²) in [5, 5.41) is 6.40. The maximum atomic E-state index is 12.4. The average Bonchev–Trinajstić information content (AvgIpc) is 2.82. The van der Waals surface area contributed by atoms with Crippen molar-refractivity contribution in [2.45, 2.75) is 19.4 Å². The minimum Gasteiger partial charge on any atom is -0.325 e. The van der Waals surface area contributed by atoms with Gasteiger partial charge in [-0.2, -0.15) is 5.10 Å². The summed E-state index contributed by atoms with van der Waals surface area (Å²) in [6.45, 7) is 1.50. The molecule has 3 rings (SSSR count). The standard InChI is InChI=1S/C15H11Cl2N3O3/c1-7-9-4-8(2-3-11(9)19-14(7)22)12(21)6-20-15(23)13(17)10(16)5-18-20/h2-5,7H,6H2,1H3,(H,19,22)/t7-/m0/s1. The molecular weight excluding hydrogens is 341 g/mol. The number of fused-ring (bicyclic) bond motifs is 1. The zero-order chi connectivity index (χ0) is 16.7. The second-order valence-electron chi connectivity index (χ2n) is 5.21. The first-order valence-corrected chi connectivity index (χ1v) is 7.53. The van der Waals surface area contributed by atoms with Crippen LogP contribution >= 0.6 is 23.2 Å². The lowest BCUT2D eigenvalue weighted by Gasteiger charge is -2.07. The molecule has 118 valence electrons. The highest BCUT2D eigenvalue weighted by Crippen LogP contribution is 2.32. The largest absolute Gasteiger partial charge is 0.325 e. The van der Waals surface area contributed by atoms with Gasteiger partial charge >= 0.3 is 0 Å². The van der Waals surface area contributed by atoms with Gasteiger partial charge in [-0.05, 0) is 30.7 Å².